The Hall–Kier alpha value is -2.91. The van der Waals surface area contributed by atoms with Crippen LogP contribution in [0, 0.1) is 0 Å². The summed E-state index contributed by atoms with van der Waals surface area (Å²) in [4.78, 5) is 11.0. The Morgan fingerprint density at radius 2 is 1.24 bits per heavy atom. The average molecular weight is 331 g/mol. The van der Waals surface area contributed by atoms with Gasteiger partial charge in [0, 0.05) is 0 Å². The van der Waals surface area contributed by atoms with Crippen LogP contribution in [0.2, 0.25) is 0 Å². The largest absolute Gasteiger partial charge is 0.497 e. The van der Waals surface area contributed by atoms with Gasteiger partial charge >= 0.3 is 0 Å². The second-order valence-electron chi connectivity index (χ2n) is 5.57. The van der Waals surface area contributed by atoms with Crippen LogP contribution < -0.4 is 4.74 Å². The van der Waals surface area contributed by atoms with E-state index >= 15 is 0 Å². The van der Waals surface area contributed by atoms with Gasteiger partial charge in [-0.1, -0.05) is 72.8 Å². The van der Waals surface area contributed by atoms with Gasteiger partial charge in [-0.2, -0.15) is 0 Å². The molecule has 0 atom stereocenters. The summed E-state index contributed by atoms with van der Waals surface area (Å²) in [7, 11) is 1.63. The molecule has 0 aliphatic rings. The molecule has 3 aromatic rings. The molecule has 25 heavy (non-hydrogen) atoms. The van der Waals surface area contributed by atoms with Crippen molar-refractivity contribution in [3.05, 3.63) is 102 Å². The smallest absolute Gasteiger partial charge is 0.226 e. The topological polar surface area (TPSA) is 35.5 Å². The van der Waals surface area contributed by atoms with E-state index in [9.17, 15) is 4.79 Å². The third kappa shape index (κ3) is 3.32. The molecule has 0 aromatic heterocycles. The SMILES string of the molecule is COc1ccc(C(OC[C]=O)(c2ccccc2)c2ccccc2)cc1. The molecular weight excluding hydrogens is 312 g/mol. The first-order valence-corrected chi connectivity index (χ1v) is 8.06. The van der Waals surface area contributed by atoms with Gasteiger partial charge in [-0.25, -0.2) is 0 Å². The molecule has 3 rings (SSSR count). The number of carbonyl (C=O) groups excluding carboxylic acids is 1. The molecule has 0 unspecified atom stereocenters. The molecule has 0 saturated heterocycles. The first-order valence-electron chi connectivity index (χ1n) is 8.06. The summed E-state index contributed by atoms with van der Waals surface area (Å²) < 4.78 is 11.4. The summed E-state index contributed by atoms with van der Waals surface area (Å²) in [5.41, 5.74) is 1.91. The molecule has 1 radical (unpaired) electrons. The molecule has 0 amide bonds. The quantitative estimate of drug-likeness (QED) is 0.611. The van der Waals surface area contributed by atoms with Crippen molar-refractivity contribution < 1.29 is 14.3 Å². The third-order valence-electron chi connectivity index (χ3n) is 4.20. The van der Waals surface area contributed by atoms with Crippen LogP contribution in [0.5, 0.6) is 5.75 Å². The molecule has 0 heterocycles. The molecule has 3 aromatic carbocycles. The molecule has 0 spiro atoms. The molecule has 0 bridgehead atoms. The molecule has 0 saturated carbocycles. The Balaban J connectivity index is 2.25. The Labute approximate surface area is 147 Å². The van der Waals surface area contributed by atoms with Crippen LogP contribution in [-0.4, -0.2) is 20.0 Å². The van der Waals surface area contributed by atoms with E-state index in [1.807, 2.05) is 91.2 Å². The predicted molar refractivity (Wildman–Crippen MR) is 97.4 cm³/mol. The summed E-state index contributed by atoms with van der Waals surface area (Å²) in [5, 5.41) is 0. The minimum atomic E-state index is -0.897. The summed E-state index contributed by atoms with van der Waals surface area (Å²) in [6, 6.07) is 27.5. The normalized spacial score (nSPS) is 11.1. The molecule has 0 N–H and O–H groups in total. The molecule has 0 aliphatic heterocycles. The zero-order valence-electron chi connectivity index (χ0n) is 14.0. The maximum absolute atomic E-state index is 11.0. The lowest BCUT2D eigenvalue weighted by atomic mass is 9.80. The van der Waals surface area contributed by atoms with Crippen molar-refractivity contribution in [1.82, 2.24) is 0 Å². The van der Waals surface area contributed by atoms with Crippen LogP contribution in [-0.2, 0) is 15.1 Å². The molecule has 3 heteroatoms. The van der Waals surface area contributed by atoms with Crippen molar-refractivity contribution in [3.8, 4) is 5.75 Å². The van der Waals surface area contributed by atoms with Gasteiger partial charge in [0.05, 0.1) is 7.11 Å². The number of methoxy groups -OCH3 is 1. The molecule has 0 fully saturated rings. The second kappa shape index (κ2) is 7.77. The highest BCUT2D eigenvalue weighted by molar-refractivity contribution is 5.54. The highest BCUT2D eigenvalue weighted by Crippen LogP contribution is 2.40. The van der Waals surface area contributed by atoms with Crippen LogP contribution in [0.15, 0.2) is 84.9 Å². The van der Waals surface area contributed by atoms with E-state index in [-0.39, 0.29) is 6.61 Å². The standard InChI is InChI=1S/C22H19O3/c1-24-21-14-12-20(13-15-21)22(25-17-16-23,18-8-4-2-5-9-18)19-10-6-3-7-11-19/h2-15H,17H2,1H3. The van der Waals surface area contributed by atoms with E-state index in [0.717, 1.165) is 22.4 Å². The Morgan fingerprint density at radius 1 is 0.760 bits per heavy atom. The zero-order valence-corrected chi connectivity index (χ0v) is 14.0. The summed E-state index contributed by atoms with van der Waals surface area (Å²) in [6.45, 7) is -0.129. The molecule has 3 nitrogen and oxygen atoms in total. The van der Waals surface area contributed by atoms with Gasteiger partial charge in [-0.05, 0) is 28.8 Å². The number of hydrogen-bond acceptors (Lipinski definition) is 3. The van der Waals surface area contributed by atoms with E-state index in [1.165, 1.54) is 0 Å². The minimum Gasteiger partial charge on any atom is -0.497 e. The van der Waals surface area contributed by atoms with Crippen LogP contribution >= 0.6 is 0 Å². The maximum Gasteiger partial charge on any atom is 0.226 e. The van der Waals surface area contributed by atoms with Crippen molar-refractivity contribution >= 4 is 6.29 Å². The fourth-order valence-electron chi connectivity index (χ4n) is 3.06. The highest BCUT2D eigenvalue weighted by Gasteiger charge is 2.37. The van der Waals surface area contributed by atoms with Crippen molar-refractivity contribution in [2.45, 2.75) is 5.60 Å². The Bertz CT molecular complexity index is 756. The number of hydrogen-bond donors (Lipinski definition) is 0. The lowest BCUT2D eigenvalue weighted by molar-refractivity contribution is 0.0379. The van der Waals surface area contributed by atoms with E-state index in [1.54, 1.807) is 7.11 Å². The van der Waals surface area contributed by atoms with Crippen molar-refractivity contribution in [3.63, 3.8) is 0 Å². The fraction of sp³-hybridized carbons (Fsp3) is 0.136. The van der Waals surface area contributed by atoms with Crippen molar-refractivity contribution in [2.24, 2.45) is 0 Å². The monoisotopic (exact) mass is 331 g/mol. The zero-order chi connectivity index (χ0) is 17.5. The summed E-state index contributed by atoms with van der Waals surface area (Å²) in [6.07, 6.45) is 1.86. The van der Waals surface area contributed by atoms with E-state index < -0.39 is 5.60 Å². The van der Waals surface area contributed by atoms with Gasteiger partial charge in [-0.15, -0.1) is 0 Å². The Morgan fingerprint density at radius 3 is 1.68 bits per heavy atom. The van der Waals surface area contributed by atoms with Crippen molar-refractivity contribution in [1.29, 1.82) is 0 Å². The lowest BCUT2D eigenvalue weighted by Crippen LogP contribution is -2.33. The molecule has 125 valence electrons. The molecular formula is C22H19O3. The number of benzene rings is 3. The van der Waals surface area contributed by atoms with Gasteiger partial charge in [0.25, 0.3) is 0 Å². The van der Waals surface area contributed by atoms with Gasteiger partial charge < -0.3 is 9.47 Å². The van der Waals surface area contributed by atoms with E-state index in [2.05, 4.69) is 0 Å². The maximum atomic E-state index is 11.0. The van der Waals surface area contributed by atoms with Crippen LogP contribution in [0.1, 0.15) is 16.7 Å². The summed E-state index contributed by atoms with van der Waals surface area (Å²) >= 11 is 0. The van der Waals surface area contributed by atoms with Gasteiger partial charge in [0.1, 0.15) is 18.0 Å². The van der Waals surface area contributed by atoms with Crippen LogP contribution in [0.4, 0.5) is 0 Å². The number of rotatable bonds is 7. The highest BCUT2D eigenvalue weighted by atomic mass is 16.5. The fourth-order valence-corrected chi connectivity index (χ4v) is 3.06. The predicted octanol–water partition coefficient (Wildman–Crippen LogP) is 4.11. The second-order valence-corrected chi connectivity index (χ2v) is 5.57. The Kier molecular flexibility index (Phi) is 5.26. The van der Waals surface area contributed by atoms with E-state index in [4.69, 9.17) is 9.47 Å². The van der Waals surface area contributed by atoms with Crippen LogP contribution in [0.3, 0.4) is 0 Å². The lowest BCUT2D eigenvalue weighted by Gasteiger charge is -2.35. The summed E-state index contributed by atoms with van der Waals surface area (Å²) in [5.74, 6) is 0.765. The first-order chi connectivity index (χ1) is 12.3. The van der Waals surface area contributed by atoms with Crippen LogP contribution in [0.25, 0.3) is 0 Å². The van der Waals surface area contributed by atoms with Gasteiger partial charge in [0.2, 0.25) is 6.29 Å². The average Bonchev–Trinajstić information content (AvgIpc) is 2.71. The number of ether oxygens (including phenoxy) is 2. The van der Waals surface area contributed by atoms with Gasteiger partial charge in [-0.3, -0.25) is 4.79 Å². The minimum absolute atomic E-state index is 0.129. The molecule has 0 aliphatic carbocycles. The van der Waals surface area contributed by atoms with E-state index in [0.29, 0.717) is 0 Å². The van der Waals surface area contributed by atoms with Gasteiger partial charge in [0.15, 0.2) is 0 Å². The van der Waals surface area contributed by atoms with Crippen molar-refractivity contribution in [2.75, 3.05) is 13.7 Å². The third-order valence-corrected chi connectivity index (χ3v) is 4.20. The first kappa shape index (κ1) is 16.9.